The third-order valence-corrected chi connectivity index (χ3v) is 4.80. The number of halogens is 1. The standard InChI is InChI=1S/C21H18N4O4S.ClH/c1-30(27,28)25-15-5-2-4-14(12-15)21(26)24-16-8-9-20(23-13-16)29-19-7-3-6-18-17(19)10-11-22-18;/h2-13,22,25H,1H3,(H,24,26);1H. The molecule has 0 unspecified atom stereocenters. The van der Waals surface area contributed by atoms with E-state index in [0.717, 1.165) is 17.2 Å². The number of aromatic nitrogens is 2. The molecule has 0 fully saturated rings. The number of rotatable bonds is 6. The van der Waals surface area contributed by atoms with Gasteiger partial charge in [-0.05, 0) is 42.5 Å². The van der Waals surface area contributed by atoms with Gasteiger partial charge in [-0.3, -0.25) is 9.52 Å². The second-order valence-electron chi connectivity index (χ2n) is 6.59. The summed E-state index contributed by atoms with van der Waals surface area (Å²) < 4.78 is 30.9. The third-order valence-electron chi connectivity index (χ3n) is 4.19. The lowest BCUT2D eigenvalue weighted by molar-refractivity contribution is 0.102. The first-order valence-electron chi connectivity index (χ1n) is 8.97. The molecule has 10 heteroatoms. The van der Waals surface area contributed by atoms with Crippen molar-refractivity contribution in [2.45, 2.75) is 0 Å². The van der Waals surface area contributed by atoms with E-state index in [2.05, 4.69) is 20.0 Å². The average molecular weight is 459 g/mol. The first kappa shape index (κ1) is 22.1. The zero-order valence-electron chi connectivity index (χ0n) is 16.3. The third kappa shape index (κ3) is 5.53. The lowest BCUT2D eigenvalue weighted by atomic mass is 10.2. The highest BCUT2D eigenvalue weighted by Gasteiger charge is 2.10. The molecule has 31 heavy (non-hydrogen) atoms. The fourth-order valence-corrected chi connectivity index (χ4v) is 3.47. The van der Waals surface area contributed by atoms with Gasteiger partial charge in [0.15, 0.2) is 0 Å². The van der Waals surface area contributed by atoms with Crippen molar-refractivity contribution in [1.29, 1.82) is 0 Å². The van der Waals surface area contributed by atoms with Crippen molar-refractivity contribution in [2.24, 2.45) is 0 Å². The number of nitrogens with zero attached hydrogens (tertiary/aromatic N) is 1. The van der Waals surface area contributed by atoms with Gasteiger partial charge in [-0.25, -0.2) is 13.4 Å². The number of benzene rings is 2. The summed E-state index contributed by atoms with van der Waals surface area (Å²) in [5.41, 5.74) is 2.06. The number of anilines is 2. The van der Waals surface area contributed by atoms with Crippen LogP contribution in [0.25, 0.3) is 10.9 Å². The Morgan fingerprint density at radius 1 is 1.03 bits per heavy atom. The molecule has 0 aliphatic carbocycles. The molecule has 160 valence electrons. The molecule has 2 aromatic heterocycles. The van der Waals surface area contributed by atoms with Crippen LogP contribution in [0, 0.1) is 0 Å². The smallest absolute Gasteiger partial charge is 0.255 e. The first-order valence-corrected chi connectivity index (χ1v) is 10.9. The second kappa shape index (κ2) is 9.07. The number of ether oxygens (including phenoxy) is 1. The van der Waals surface area contributed by atoms with Crippen LogP contribution in [0.3, 0.4) is 0 Å². The number of carbonyl (C=O) groups excluding carboxylic acids is 1. The van der Waals surface area contributed by atoms with Crippen LogP contribution in [0.2, 0.25) is 0 Å². The molecule has 2 heterocycles. The van der Waals surface area contributed by atoms with Crippen LogP contribution in [-0.4, -0.2) is 30.5 Å². The van der Waals surface area contributed by atoms with Crippen molar-refractivity contribution in [3.05, 3.63) is 78.6 Å². The van der Waals surface area contributed by atoms with E-state index in [9.17, 15) is 13.2 Å². The Morgan fingerprint density at radius 2 is 1.84 bits per heavy atom. The minimum atomic E-state index is -3.43. The van der Waals surface area contributed by atoms with Gasteiger partial charge in [0, 0.05) is 34.4 Å². The summed E-state index contributed by atoms with van der Waals surface area (Å²) in [7, 11) is -3.43. The van der Waals surface area contributed by atoms with Crippen LogP contribution in [0.4, 0.5) is 11.4 Å². The Bertz CT molecular complexity index is 1320. The zero-order chi connectivity index (χ0) is 21.1. The minimum Gasteiger partial charge on any atom is -0.438 e. The SMILES string of the molecule is CS(=O)(=O)Nc1cccc(C(=O)Nc2ccc(Oc3cccc4[nH]ccc34)nc2)c1.Cl. The van der Waals surface area contributed by atoms with Crippen LogP contribution < -0.4 is 14.8 Å². The van der Waals surface area contributed by atoms with Crippen molar-refractivity contribution in [3.8, 4) is 11.6 Å². The largest absolute Gasteiger partial charge is 0.438 e. The predicted molar refractivity (Wildman–Crippen MR) is 123 cm³/mol. The topological polar surface area (TPSA) is 113 Å². The molecule has 0 atom stereocenters. The highest BCUT2D eigenvalue weighted by atomic mass is 35.5. The first-order chi connectivity index (χ1) is 14.4. The van der Waals surface area contributed by atoms with E-state index in [1.807, 2.05) is 30.5 Å². The number of H-pyrrole nitrogens is 1. The summed E-state index contributed by atoms with van der Waals surface area (Å²) >= 11 is 0. The van der Waals surface area contributed by atoms with E-state index >= 15 is 0 Å². The van der Waals surface area contributed by atoms with Crippen LogP contribution in [0.5, 0.6) is 11.6 Å². The maximum absolute atomic E-state index is 12.5. The molecule has 3 N–H and O–H groups in total. The van der Waals surface area contributed by atoms with Gasteiger partial charge < -0.3 is 15.0 Å². The average Bonchev–Trinajstić information content (AvgIpc) is 3.18. The molecule has 0 saturated carbocycles. The Kier molecular flexibility index (Phi) is 6.47. The number of aromatic amines is 1. The second-order valence-corrected chi connectivity index (χ2v) is 8.34. The highest BCUT2D eigenvalue weighted by Crippen LogP contribution is 2.28. The highest BCUT2D eigenvalue weighted by molar-refractivity contribution is 7.92. The van der Waals surface area contributed by atoms with E-state index in [4.69, 9.17) is 4.74 Å². The quantitative estimate of drug-likeness (QED) is 0.396. The van der Waals surface area contributed by atoms with Crippen LogP contribution >= 0.6 is 12.4 Å². The van der Waals surface area contributed by atoms with Crippen molar-refractivity contribution in [1.82, 2.24) is 9.97 Å². The normalized spacial score (nSPS) is 10.9. The Labute approximate surface area is 185 Å². The molecular formula is C21H19ClN4O4S. The summed E-state index contributed by atoms with van der Waals surface area (Å²) in [6.07, 6.45) is 4.37. The van der Waals surface area contributed by atoms with Crippen LogP contribution in [0.15, 0.2) is 73.1 Å². The van der Waals surface area contributed by atoms with Gasteiger partial charge in [0.05, 0.1) is 18.1 Å². The summed E-state index contributed by atoms with van der Waals surface area (Å²) in [6.45, 7) is 0. The van der Waals surface area contributed by atoms with Gasteiger partial charge in [-0.2, -0.15) is 0 Å². The summed E-state index contributed by atoms with van der Waals surface area (Å²) in [5.74, 6) is 0.675. The van der Waals surface area contributed by atoms with Crippen molar-refractivity contribution < 1.29 is 17.9 Å². The van der Waals surface area contributed by atoms with Crippen LogP contribution in [-0.2, 0) is 10.0 Å². The van der Waals surface area contributed by atoms with E-state index in [-0.39, 0.29) is 18.3 Å². The van der Waals surface area contributed by atoms with Crippen LogP contribution in [0.1, 0.15) is 10.4 Å². The number of hydrogen-bond acceptors (Lipinski definition) is 5. The van der Waals surface area contributed by atoms with E-state index < -0.39 is 10.0 Å². The van der Waals surface area contributed by atoms with Crippen molar-refractivity contribution in [3.63, 3.8) is 0 Å². The van der Waals surface area contributed by atoms with Gasteiger partial charge in [-0.1, -0.05) is 12.1 Å². The van der Waals surface area contributed by atoms with Crippen molar-refractivity contribution in [2.75, 3.05) is 16.3 Å². The lowest BCUT2D eigenvalue weighted by Crippen LogP contribution is -2.14. The van der Waals surface area contributed by atoms with Gasteiger partial charge in [0.25, 0.3) is 5.91 Å². The Hall–Kier alpha value is -3.56. The molecule has 1 amide bonds. The maximum atomic E-state index is 12.5. The number of sulfonamides is 1. The van der Waals surface area contributed by atoms with Gasteiger partial charge in [0.1, 0.15) is 5.75 Å². The molecule has 0 aliphatic heterocycles. The molecule has 0 spiro atoms. The van der Waals surface area contributed by atoms with E-state index in [1.54, 1.807) is 30.3 Å². The molecule has 0 radical (unpaired) electrons. The number of carbonyl (C=O) groups is 1. The molecule has 4 aromatic rings. The number of nitrogens with one attached hydrogen (secondary N) is 3. The molecule has 8 nitrogen and oxygen atoms in total. The van der Waals surface area contributed by atoms with Gasteiger partial charge >= 0.3 is 0 Å². The molecule has 0 bridgehead atoms. The summed E-state index contributed by atoms with van der Waals surface area (Å²) in [4.78, 5) is 19.8. The zero-order valence-corrected chi connectivity index (χ0v) is 18.0. The fraction of sp³-hybridized carbons (Fsp3) is 0.0476. The number of pyridine rings is 1. The van der Waals surface area contributed by atoms with Gasteiger partial charge in [-0.15, -0.1) is 12.4 Å². The molecule has 2 aromatic carbocycles. The Balaban J connectivity index is 0.00000272. The fourth-order valence-electron chi connectivity index (χ4n) is 2.91. The summed E-state index contributed by atoms with van der Waals surface area (Å²) in [6, 6.07) is 17.2. The molecular weight excluding hydrogens is 440 g/mol. The minimum absolute atomic E-state index is 0. The lowest BCUT2D eigenvalue weighted by Gasteiger charge is -2.09. The Morgan fingerprint density at radius 3 is 2.58 bits per heavy atom. The monoisotopic (exact) mass is 458 g/mol. The molecule has 4 rings (SSSR count). The molecule has 0 aliphatic rings. The number of hydrogen-bond donors (Lipinski definition) is 3. The predicted octanol–water partition coefficient (Wildman–Crippen LogP) is 4.40. The van der Waals surface area contributed by atoms with Gasteiger partial charge in [0.2, 0.25) is 15.9 Å². The van der Waals surface area contributed by atoms with Crippen molar-refractivity contribution >= 4 is 50.6 Å². The summed E-state index contributed by atoms with van der Waals surface area (Å²) in [5, 5.41) is 3.67. The molecule has 0 saturated heterocycles. The van der Waals surface area contributed by atoms with E-state index in [0.29, 0.717) is 28.6 Å². The van der Waals surface area contributed by atoms with E-state index in [1.165, 1.54) is 12.3 Å². The maximum Gasteiger partial charge on any atom is 0.255 e. The number of fused-ring (bicyclic) bond motifs is 1. The number of amides is 1.